The van der Waals surface area contributed by atoms with Crippen LogP contribution in [0.4, 0.5) is 0 Å². The molecule has 0 aromatic heterocycles. The van der Waals surface area contributed by atoms with Gasteiger partial charge in [-0.15, -0.1) is 0 Å². The van der Waals surface area contributed by atoms with Crippen LogP contribution in [0.1, 0.15) is 200 Å². The minimum absolute atomic E-state index is 0.0383. The Kier molecular flexibility index (Phi) is 36.1. The summed E-state index contributed by atoms with van der Waals surface area (Å²) in [5.74, 6) is -0.401. The van der Waals surface area contributed by atoms with Crippen LogP contribution in [0.2, 0.25) is 0 Å². The summed E-state index contributed by atoms with van der Waals surface area (Å²) in [6.45, 7) is 3.95. The summed E-state index contributed by atoms with van der Waals surface area (Å²) in [7, 11) is -5.05. The van der Waals surface area contributed by atoms with Gasteiger partial charge in [0.15, 0.2) is 6.29 Å². The third kappa shape index (κ3) is 32.0. The Balaban J connectivity index is 2.25. The lowest BCUT2D eigenvalue weighted by Crippen LogP contribution is -2.60. The molecule has 0 aromatic carbocycles. The summed E-state index contributed by atoms with van der Waals surface area (Å²) in [4.78, 5) is 12.8. The van der Waals surface area contributed by atoms with Crippen LogP contribution < -0.4 is 0 Å². The van der Waals surface area contributed by atoms with Crippen molar-refractivity contribution in [1.29, 1.82) is 0 Å². The van der Waals surface area contributed by atoms with Gasteiger partial charge in [-0.1, -0.05) is 173 Å². The molecule has 6 atom stereocenters. The highest BCUT2D eigenvalue weighted by molar-refractivity contribution is 7.80. The van der Waals surface area contributed by atoms with Gasteiger partial charge in [0.2, 0.25) is 0 Å². The zero-order chi connectivity index (χ0) is 43.2. The van der Waals surface area contributed by atoms with Crippen molar-refractivity contribution in [2.75, 3.05) is 26.4 Å². The van der Waals surface area contributed by atoms with E-state index >= 15 is 0 Å². The van der Waals surface area contributed by atoms with Gasteiger partial charge in [-0.2, -0.15) is 8.42 Å². The molecule has 0 amide bonds. The molecule has 13 heteroatoms. The van der Waals surface area contributed by atoms with Crippen LogP contribution in [0, 0.1) is 0 Å². The second-order valence-electron chi connectivity index (χ2n) is 16.4. The number of allylic oxidation sites excluding steroid dienone is 4. The summed E-state index contributed by atoms with van der Waals surface area (Å²) in [6, 6.07) is 0. The van der Waals surface area contributed by atoms with Crippen molar-refractivity contribution in [3.8, 4) is 0 Å². The predicted octanol–water partition coefficient (Wildman–Crippen LogP) is 10.0. The fourth-order valence-electron chi connectivity index (χ4n) is 7.23. The highest BCUT2D eigenvalue weighted by Gasteiger charge is 2.48. The Morgan fingerprint density at radius 3 is 1.61 bits per heavy atom. The van der Waals surface area contributed by atoms with Gasteiger partial charge in [-0.05, 0) is 44.9 Å². The van der Waals surface area contributed by atoms with Gasteiger partial charge in [-0.25, -0.2) is 4.18 Å². The molecule has 0 aromatic rings. The van der Waals surface area contributed by atoms with Crippen molar-refractivity contribution < 1.29 is 56.2 Å². The Morgan fingerprint density at radius 1 is 0.644 bits per heavy atom. The third-order valence-corrected chi connectivity index (χ3v) is 11.3. The van der Waals surface area contributed by atoms with Gasteiger partial charge in [0.1, 0.15) is 30.5 Å². The largest absolute Gasteiger partial charge is 0.457 e. The number of hydrogen-bond acceptors (Lipinski definition) is 11. The molecule has 0 saturated carbocycles. The summed E-state index contributed by atoms with van der Waals surface area (Å²) in [6.07, 6.45) is 33.9. The van der Waals surface area contributed by atoms with E-state index in [-0.39, 0.29) is 19.6 Å². The number of esters is 1. The number of rotatable bonds is 41. The molecule has 0 radical (unpaired) electrons. The number of hydrogen-bond donors (Lipinski definition) is 4. The Labute approximate surface area is 359 Å². The summed E-state index contributed by atoms with van der Waals surface area (Å²) in [5.41, 5.74) is 0. The monoisotopic (exact) mass is 863 g/mol. The van der Waals surface area contributed by atoms with E-state index in [2.05, 4.69) is 42.3 Å². The van der Waals surface area contributed by atoms with Crippen molar-refractivity contribution in [1.82, 2.24) is 0 Å². The molecule has 0 aliphatic carbocycles. The molecule has 1 rings (SSSR count). The van der Waals surface area contributed by atoms with Gasteiger partial charge in [0.05, 0.1) is 19.8 Å². The Morgan fingerprint density at radius 2 is 1.12 bits per heavy atom. The van der Waals surface area contributed by atoms with Crippen molar-refractivity contribution in [3.63, 3.8) is 0 Å². The van der Waals surface area contributed by atoms with Gasteiger partial charge in [0, 0.05) is 13.0 Å². The van der Waals surface area contributed by atoms with E-state index in [1.807, 2.05) is 0 Å². The number of unbranched alkanes of at least 4 members (excludes halogenated alkanes) is 24. The minimum Gasteiger partial charge on any atom is -0.457 e. The van der Waals surface area contributed by atoms with Crippen LogP contribution in [-0.4, -0.2) is 97.5 Å². The standard InChI is InChI=1S/C46H86O12S/c1-3-5-7-9-11-12-13-14-15-16-17-18-19-20-21-22-23-24-25-26-27-28-29-31-33-35-42(48)56-40(38-54-36-34-32-30-10-8-6-4-2)39-55-46-44(50)45(58-59(51,52)53)43(49)41(37-47)57-46/h13-14,16-17,40-41,43-47,49-50H,3-12,15,18-39H2,1-2H3,(H,51,52,53)/b14-13-,17-16-. The quantitative estimate of drug-likeness (QED) is 0.0198. The molecule has 0 bridgehead atoms. The van der Waals surface area contributed by atoms with Crippen LogP contribution in [0.5, 0.6) is 0 Å². The summed E-state index contributed by atoms with van der Waals surface area (Å²) < 4.78 is 58.8. The molecule has 1 fully saturated rings. The molecule has 348 valence electrons. The lowest BCUT2D eigenvalue weighted by Gasteiger charge is -2.41. The van der Waals surface area contributed by atoms with Gasteiger partial charge in [0.25, 0.3) is 0 Å². The van der Waals surface area contributed by atoms with Crippen LogP contribution in [-0.2, 0) is 38.3 Å². The minimum atomic E-state index is -5.05. The molecule has 1 aliphatic rings. The van der Waals surface area contributed by atoms with Crippen LogP contribution in [0.15, 0.2) is 24.3 Å². The predicted molar refractivity (Wildman–Crippen MR) is 234 cm³/mol. The fraction of sp³-hybridized carbons (Fsp3) is 0.891. The lowest BCUT2D eigenvalue weighted by molar-refractivity contribution is -0.301. The SMILES string of the molecule is CCCCCCC/C=C\C/C=C\CCCCCCCCCCCCCCCC(=O)OC(COCCCCCCCCC)COC1OC(CO)C(O)C(OS(=O)(=O)O)C1O. The van der Waals surface area contributed by atoms with E-state index in [0.29, 0.717) is 13.0 Å². The van der Waals surface area contributed by atoms with E-state index < -0.39 is 59.8 Å². The molecule has 1 saturated heterocycles. The molecule has 0 spiro atoms. The van der Waals surface area contributed by atoms with Crippen LogP contribution in [0.3, 0.4) is 0 Å². The molecular formula is C46H86O12S. The first-order valence-corrected chi connectivity index (χ1v) is 25.0. The molecule has 6 unspecified atom stereocenters. The van der Waals surface area contributed by atoms with Crippen LogP contribution in [0.25, 0.3) is 0 Å². The number of ether oxygens (including phenoxy) is 4. The molecular weight excluding hydrogens is 777 g/mol. The highest BCUT2D eigenvalue weighted by Crippen LogP contribution is 2.26. The average molecular weight is 863 g/mol. The maximum atomic E-state index is 12.8. The van der Waals surface area contributed by atoms with Crippen molar-refractivity contribution in [2.24, 2.45) is 0 Å². The molecule has 1 aliphatic heterocycles. The maximum absolute atomic E-state index is 12.8. The zero-order valence-corrected chi connectivity index (χ0v) is 37.9. The maximum Gasteiger partial charge on any atom is 0.397 e. The highest BCUT2D eigenvalue weighted by atomic mass is 32.3. The molecule has 12 nitrogen and oxygen atoms in total. The van der Waals surface area contributed by atoms with Crippen molar-refractivity contribution in [3.05, 3.63) is 24.3 Å². The molecule has 1 heterocycles. The molecule has 59 heavy (non-hydrogen) atoms. The number of carbonyl (C=O) groups excluding carboxylic acids is 1. The smallest absolute Gasteiger partial charge is 0.397 e. The first-order chi connectivity index (χ1) is 28.6. The van der Waals surface area contributed by atoms with E-state index in [1.165, 1.54) is 128 Å². The number of carbonyl (C=O) groups is 1. The lowest BCUT2D eigenvalue weighted by atomic mass is 9.99. The first-order valence-electron chi connectivity index (χ1n) is 23.6. The van der Waals surface area contributed by atoms with Crippen molar-refractivity contribution >= 4 is 16.4 Å². The van der Waals surface area contributed by atoms with Gasteiger partial charge in [-0.3, -0.25) is 9.35 Å². The van der Waals surface area contributed by atoms with E-state index in [0.717, 1.165) is 44.9 Å². The second kappa shape index (κ2) is 38.3. The summed E-state index contributed by atoms with van der Waals surface area (Å²) in [5, 5.41) is 30.6. The average Bonchev–Trinajstić information content (AvgIpc) is 3.20. The topological polar surface area (TPSA) is 178 Å². The summed E-state index contributed by atoms with van der Waals surface area (Å²) >= 11 is 0. The van der Waals surface area contributed by atoms with Crippen LogP contribution >= 0.6 is 0 Å². The Hall–Kier alpha value is -1.42. The van der Waals surface area contributed by atoms with E-state index in [1.54, 1.807) is 0 Å². The number of aliphatic hydroxyl groups excluding tert-OH is 3. The van der Waals surface area contributed by atoms with Gasteiger partial charge >= 0.3 is 16.4 Å². The third-order valence-electron chi connectivity index (χ3n) is 10.8. The first kappa shape index (κ1) is 55.6. The Bertz CT molecular complexity index is 1130. The van der Waals surface area contributed by atoms with E-state index in [4.69, 9.17) is 23.5 Å². The molecule has 4 N–H and O–H groups in total. The number of aliphatic hydroxyl groups is 3. The zero-order valence-electron chi connectivity index (χ0n) is 37.1. The fourth-order valence-corrected chi connectivity index (χ4v) is 7.74. The van der Waals surface area contributed by atoms with E-state index in [9.17, 15) is 28.5 Å². The van der Waals surface area contributed by atoms with Gasteiger partial charge < -0.3 is 34.3 Å². The second-order valence-corrected chi connectivity index (χ2v) is 17.4. The normalized spacial score (nSPS) is 20.5. The van der Waals surface area contributed by atoms with Crippen molar-refractivity contribution in [2.45, 2.75) is 237 Å².